The van der Waals surface area contributed by atoms with Crippen molar-refractivity contribution in [1.29, 1.82) is 0 Å². The molecule has 1 aliphatic rings. The van der Waals surface area contributed by atoms with E-state index < -0.39 is 0 Å². The molecule has 3 rings (SSSR count). The number of hydrogen-bond donors (Lipinski definition) is 1. The van der Waals surface area contributed by atoms with Gasteiger partial charge in [0.15, 0.2) is 5.82 Å². The van der Waals surface area contributed by atoms with E-state index in [2.05, 4.69) is 15.4 Å². The molecule has 1 N–H and O–H groups in total. The van der Waals surface area contributed by atoms with E-state index in [9.17, 15) is 9.18 Å². The van der Waals surface area contributed by atoms with Crippen LogP contribution in [0.4, 0.5) is 9.18 Å². The third-order valence-corrected chi connectivity index (χ3v) is 3.76. The van der Waals surface area contributed by atoms with Crippen LogP contribution in [0, 0.1) is 5.82 Å². The average molecular weight is 315 g/mol. The van der Waals surface area contributed by atoms with Crippen molar-refractivity contribution in [3.8, 4) is 0 Å². The van der Waals surface area contributed by atoms with E-state index >= 15 is 0 Å². The van der Waals surface area contributed by atoms with Crippen molar-refractivity contribution >= 4 is 11.6 Å². The van der Waals surface area contributed by atoms with Crippen LogP contribution >= 0.6 is 0 Å². The second-order valence-corrected chi connectivity index (χ2v) is 5.40. The monoisotopic (exact) mass is 315 g/mol. The number of urea groups is 1. The number of carbonyl (C=O) groups is 1. The summed E-state index contributed by atoms with van der Waals surface area (Å²) in [4.78, 5) is 17.9. The van der Waals surface area contributed by atoms with Crippen molar-refractivity contribution in [1.82, 2.24) is 25.0 Å². The molecule has 0 saturated heterocycles. The third-order valence-electron chi connectivity index (χ3n) is 3.76. The van der Waals surface area contributed by atoms with Crippen LogP contribution < -0.4 is 5.32 Å². The summed E-state index contributed by atoms with van der Waals surface area (Å²) in [6, 6.07) is 6.55. The van der Waals surface area contributed by atoms with Crippen molar-refractivity contribution in [2.24, 2.45) is 7.05 Å². The first-order chi connectivity index (χ1) is 11.1. The Labute approximate surface area is 133 Å². The van der Waals surface area contributed by atoms with Gasteiger partial charge in [0.25, 0.3) is 0 Å². The summed E-state index contributed by atoms with van der Waals surface area (Å²) in [5, 5.41) is 6.90. The largest absolute Gasteiger partial charge is 0.331 e. The summed E-state index contributed by atoms with van der Waals surface area (Å²) in [6.07, 6.45) is 4.13. The predicted molar refractivity (Wildman–Crippen MR) is 83.8 cm³/mol. The molecule has 0 atom stereocenters. The summed E-state index contributed by atoms with van der Waals surface area (Å²) in [6.45, 7) is 1.31. The van der Waals surface area contributed by atoms with E-state index in [0.29, 0.717) is 37.4 Å². The van der Waals surface area contributed by atoms with Crippen LogP contribution in [-0.2, 0) is 13.6 Å². The van der Waals surface area contributed by atoms with Gasteiger partial charge in [-0.3, -0.25) is 4.68 Å². The lowest BCUT2D eigenvalue weighted by Gasteiger charge is -2.26. The van der Waals surface area contributed by atoms with Crippen LogP contribution in [0.3, 0.4) is 0 Å². The maximum Gasteiger partial charge on any atom is 0.318 e. The molecule has 1 aliphatic heterocycles. The molecule has 0 fully saturated rings. The number of hydrogen-bond acceptors (Lipinski definition) is 3. The molecule has 7 heteroatoms. The minimum atomic E-state index is -0.224. The number of halogens is 1. The number of nitrogens with one attached hydrogen (secondary N) is 1. The van der Waals surface area contributed by atoms with Gasteiger partial charge in [-0.25, -0.2) is 14.2 Å². The predicted octanol–water partition coefficient (Wildman–Crippen LogP) is 1.95. The SMILES string of the molecule is Cn1cnc(CNC(=O)N2CC=C(c3ccccc3F)CC2)n1. The van der Waals surface area contributed by atoms with Crippen LogP contribution in [0.2, 0.25) is 0 Å². The first kappa shape index (κ1) is 15.2. The van der Waals surface area contributed by atoms with Crippen molar-refractivity contribution in [2.75, 3.05) is 13.1 Å². The molecule has 120 valence electrons. The van der Waals surface area contributed by atoms with Gasteiger partial charge < -0.3 is 10.2 Å². The molecule has 0 radical (unpaired) electrons. The molecular formula is C16H18FN5O. The lowest BCUT2D eigenvalue weighted by Crippen LogP contribution is -2.42. The number of aromatic nitrogens is 3. The minimum Gasteiger partial charge on any atom is -0.331 e. The molecule has 0 unspecified atom stereocenters. The zero-order valence-corrected chi connectivity index (χ0v) is 12.9. The van der Waals surface area contributed by atoms with Gasteiger partial charge in [-0.15, -0.1) is 0 Å². The van der Waals surface area contributed by atoms with E-state index in [4.69, 9.17) is 0 Å². The lowest BCUT2D eigenvalue weighted by molar-refractivity contribution is 0.202. The second-order valence-electron chi connectivity index (χ2n) is 5.40. The molecule has 1 aromatic carbocycles. The molecule has 23 heavy (non-hydrogen) atoms. The van der Waals surface area contributed by atoms with Crippen molar-refractivity contribution in [2.45, 2.75) is 13.0 Å². The molecule has 0 spiro atoms. The Hall–Kier alpha value is -2.70. The standard InChI is InChI=1S/C16H18FN5O/c1-21-11-19-15(20-21)10-18-16(23)22-8-6-12(7-9-22)13-4-2-3-5-14(13)17/h2-6,11H,7-10H2,1H3,(H,18,23). The Morgan fingerprint density at radius 1 is 1.39 bits per heavy atom. The van der Waals surface area contributed by atoms with Gasteiger partial charge in [0.05, 0.1) is 6.54 Å². The Morgan fingerprint density at radius 2 is 2.22 bits per heavy atom. The van der Waals surface area contributed by atoms with E-state index in [1.807, 2.05) is 12.1 Å². The van der Waals surface area contributed by atoms with Gasteiger partial charge in [-0.05, 0) is 18.1 Å². The van der Waals surface area contributed by atoms with Gasteiger partial charge in [0.1, 0.15) is 12.1 Å². The first-order valence-corrected chi connectivity index (χ1v) is 7.44. The van der Waals surface area contributed by atoms with Crippen LogP contribution in [0.15, 0.2) is 36.7 Å². The summed E-state index contributed by atoms with van der Waals surface area (Å²) >= 11 is 0. The van der Waals surface area contributed by atoms with Gasteiger partial charge >= 0.3 is 6.03 Å². The highest BCUT2D eigenvalue weighted by molar-refractivity contribution is 5.76. The number of rotatable bonds is 3. The van der Waals surface area contributed by atoms with E-state index in [-0.39, 0.29) is 11.8 Å². The smallest absolute Gasteiger partial charge is 0.318 e. The van der Waals surface area contributed by atoms with Gasteiger partial charge in [0, 0.05) is 25.7 Å². The summed E-state index contributed by atoms with van der Waals surface area (Å²) in [5.74, 6) is 0.346. The van der Waals surface area contributed by atoms with Gasteiger partial charge in [-0.2, -0.15) is 5.10 Å². The highest BCUT2D eigenvalue weighted by atomic mass is 19.1. The molecule has 6 nitrogen and oxygen atoms in total. The Bertz CT molecular complexity index is 740. The fourth-order valence-corrected chi connectivity index (χ4v) is 2.55. The Morgan fingerprint density at radius 3 is 2.87 bits per heavy atom. The van der Waals surface area contributed by atoms with Crippen LogP contribution in [0.1, 0.15) is 17.8 Å². The Balaban J connectivity index is 1.57. The molecule has 2 aromatic rings. The number of aryl methyl sites for hydroxylation is 1. The van der Waals surface area contributed by atoms with E-state index in [0.717, 1.165) is 5.57 Å². The molecule has 2 heterocycles. The molecule has 0 bridgehead atoms. The zero-order valence-electron chi connectivity index (χ0n) is 12.9. The van der Waals surface area contributed by atoms with Crippen molar-refractivity contribution < 1.29 is 9.18 Å². The highest BCUT2D eigenvalue weighted by Gasteiger charge is 2.19. The van der Waals surface area contributed by atoms with Crippen molar-refractivity contribution in [3.05, 3.63) is 53.9 Å². The van der Waals surface area contributed by atoms with Crippen LogP contribution in [-0.4, -0.2) is 38.8 Å². The normalized spacial score (nSPS) is 14.5. The molecule has 2 amide bonds. The van der Waals surface area contributed by atoms with Crippen molar-refractivity contribution in [3.63, 3.8) is 0 Å². The fraction of sp³-hybridized carbons (Fsp3) is 0.312. The first-order valence-electron chi connectivity index (χ1n) is 7.44. The summed E-state index contributed by atoms with van der Waals surface area (Å²) in [5.41, 5.74) is 1.56. The third kappa shape index (κ3) is 3.56. The summed E-state index contributed by atoms with van der Waals surface area (Å²) < 4.78 is 15.4. The number of carbonyl (C=O) groups excluding carboxylic acids is 1. The summed E-state index contributed by atoms with van der Waals surface area (Å²) in [7, 11) is 1.78. The number of amides is 2. The van der Waals surface area contributed by atoms with E-state index in [1.54, 1.807) is 35.1 Å². The molecule has 0 saturated carbocycles. The zero-order chi connectivity index (χ0) is 16.2. The van der Waals surface area contributed by atoms with Gasteiger partial charge in [0.2, 0.25) is 0 Å². The number of nitrogens with zero attached hydrogens (tertiary/aromatic N) is 4. The minimum absolute atomic E-state index is 0.165. The molecule has 0 aliphatic carbocycles. The van der Waals surface area contributed by atoms with Crippen LogP contribution in [0.5, 0.6) is 0 Å². The maximum absolute atomic E-state index is 13.8. The highest BCUT2D eigenvalue weighted by Crippen LogP contribution is 2.24. The topological polar surface area (TPSA) is 63.1 Å². The maximum atomic E-state index is 13.8. The molecule has 1 aromatic heterocycles. The number of benzene rings is 1. The lowest BCUT2D eigenvalue weighted by atomic mass is 9.99. The second kappa shape index (κ2) is 6.60. The fourth-order valence-electron chi connectivity index (χ4n) is 2.55. The Kier molecular flexibility index (Phi) is 4.36. The average Bonchev–Trinajstić information content (AvgIpc) is 2.99. The van der Waals surface area contributed by atoms with Crippen LogP contribution in [0.25, 0.3) is 5.57 Å². The quantitative estimate of drug-likeness (QED) is 0.941. The van der Waals surface area contributed by atoms with Gasteiger partial charge in [-0.1, -0.05) is 24.3 Å². The molecular weight excluding hydrogens is 297 g/mol. The van der Waals surface area contributed by atoms with E-state index in [1.165, 1.54) is 6.07 Å².